The van der Waals surface area contributed by atoms with Crippen LogP contribution in [0.1, 0.15) is 52.8 Å². The van der Waals surface area contributed by atoms with Crippen molar-refractivity contribution in [3.8, 4) is 11.1 Å². The summed E-state index contributed by atoms with van der Waals surface area (Å²) >= 11 is 0. The summed E-state index contributed by atoms with van der Waals surface area (Å²) in [5.41, 5.74) is 1.82. The van der Waals surface area contributed by atoms with Crippen molar-refractivity contribution in [3.05, 3.63) is 59.7 Å². The molecule has 0 unspecified atom stereocenters. The molecule has 1 fully saturated rings. The third kappa shape index (κ3) is 4.95. The summed E-state index contributed by atoms with van der Waals surface area (Å²) in [6.07, 6.45) is 5.92. The summed E-state index contributed by atoms with van der Waals surface area (Å²) in [5, 5.41) is 12.3. The summed E-state index contributed by atoms with van der Waals surface area (Å²) in [7, 11) is 0. The van der Waals surface area contributed by atoms with Crippen LogP contribution in [0.15, 0.2) is 48.5 Å². The van der Waals surface area contributed by atoms with E-state index in [9.17, 15) is 14.7 Å². The van der Waals surface area contributed by atoms with Crippen LogP contribution in [0.4, 0.5) is 0 Å². The van der Waals surface area contributed by atoms with Crippen LogP contribution in [-0.4, -0.2) is 36.2 Å². The van der Waals surface area contributed by atoms with E-state index in [0.717, 1.165) is 19.3 Å². The first kappa shape index (κ1) is 19.1. The van der Waals surface area contributed by atoms with E-state index in [0.29, 0.717) is 35.9 Å². The average Bonchev–Trinajstić information content (AvgIpc) is 3.21. The quantitative estimate of drug-likeness (QED) is 0.688. The first-order chi connectivity index (χ1) is 13.2. The summed E-state index contributed by atoms with van der Waals surface area (Å²) < 4.78 is 5.81. The zero-order valence-corrected chi connectivity index (χ0v) is 15.3. The van der Waals surface area contributed by atoms with E-state index in [1.165, 1.54) is 12.8 Å². The van der Waals surface area contributed by atoms with Gasteiger partial charge in [0.05, 0.1) is 11.7 Å². The minimum Gasteiger partial charge on any atom is -0.478 e. The normalized spacial score (nSPS) is 14.2. The molecule has 3 rings (SSSR count). The molecule has 0 bridgehead atoms. The smallest absolute Gasteiger partial charge is 0.336 e. The number of carboxylic acid groups (broad SMARTS) is 1. The zero-order valence-electron chi connectivity index (χ0n) is 15.3. The standard InChI is InChI=1S/C22H25NO4/c24-21(23-14-7-15-27-16-8-1-2-9-16)19-12-5-3-10-17(19)18-11-4-6-13-20(18)22(25)26/h3-6,10-13,16H,1-2,7-9,14-15H2,(H,23,24)(H,25,26). The topological polar surface area (TPSA) is 75.6 Å². The highest BCUT2D eigenvalue weighted by molar-refractivity contribution is 6.04. The lowest BCUT2D eigenvalue weighted by atomic mass is 9.95. The second-order valence-corrected chi connectivity index (χ2v) is 6.78. The summed E-state index contributed by atoms with van der Waals surface area (Å²) in [5.74, 6) is -1.21. The molecular formula is C22H25NO4. The molecule has 2 N–H and O–H groups in total. The van der Waals surface area contributed by atoms with Crippen molar-refractivity contribution in [2.75, 3.05) is 13.2 Å². The second kappa shape index (κ2) is 9.33. The van der Waals surface area contributed by atoms with Gasteiger partial charge in [-0.1, -0.05) is 49.2 Å². The molecule has 2 aromatic carbocycles. The number of nitrogens with one attached hydrogen (secondary N) is 1. The Kier molecular flexibility index (Phi) is 6.60. The summed E-state index contributed by atoms with van der Waals surface area (Å²) in [4.78, 5) is 24.2. The largest absolute Gasteiger partial charge is 0.478 e. The molecular weight excluding hydrogens is 342 g/mol. The molecule has 0 saturated heterocycles. The van der Waals surface area contributed by atoms with Crippen molar-refractivity contribution in [2.45, 2.75) is 38.2 Å². The van der Waals surface area contributed by atoms with Crippen LogP contribution in [0, 0.1) is 0 Å². The fourth-order valence-electron chi connectivity index (χ4n) is 3.49. The van der Waals surface area contributed by atoms with E-state index in [2.05, 4.69) is 5.32 Å². The lowest BCUT2D eigenvalue weighted by molar-refractivity contribution is 0.0565. The third-order valence-corrected chi connectivity index (χ3v) is 4.88. The van der Waals surface area contributed by atoms with Crippen LogP contribution in [0.5, 0.6) is 0 Å². The van der Waals surface area contributed by atoms with Gasteiger partial charge in [-0.15, -0.1) is 0 Å². The Morgan fingerprint density at radius 1 is 0.963 bits per heavy atom. The minimum absolute atomic E-state index is 0.183. The number of aromatic carboxylic acids is 1. The van der Waals surface area contributed by atoms with Gasteiger partial charge in [0, 0.05) is 18.7 Å². The van der Waals surface area contributed by atoms with Gasteiger partial charge in [-0.05, 0) is 42.5 Å². The predicted octanol–water partition coefficient (Wildman–Crippen LogP) is 4.13. The van der Waals surface area contributed by atoms with Crippen molar-refractivity contribution < 1.29 is 19.4 Å². The molecule has 1 aliphatic rings. The number of hydrogen-bond donors (Lipinski definition) is 2. The maximum absolute atomic E-state index is 12.6. The Balaban J connectivity index is 1.63. The highest BCUT2D eigenvalue weighted by Crippen LogP contribution is 2.27. The molecule has 1 saturated carbocycles. The summed E-state index contributed by atoms with van der Waals surface area (Å²) in [6, 6.07) is 13.8. The van der Waals surface area contributed by atoms with Crippen molar-refractivity contribution in [2.24, 2.45) is 0 Å². The zero-order chi connectivity index (χ0) is 19.1. The predicted molar refractivity (Wildman–Crippen MR) is 104 cm³/mol. The van der Waals surface area contributed by atoms with Crippen LogP contribution >= 0.6 is 0 Å². The third-order valence-electron chi connectivity index (χ3n) is 4.88. The Labute approximate surface area is 159 Å². The number of carbonyl (C=O) groups is 2. The maximum atomic E-state index is 12.6. The van der Waals surface area contributed by atoms with E-state index in [1.54, 1.807) is 48.5 Å². The molecule has 1 aliphatic carbocycles. The molecule has 5 heteroatoms. The highest BCUT2D eigenvalue weighted by Gasteiger charge is 2.17. The molecule has 0 aromatic heterocycles. The van der Waals surface area contributed by atoms with Crippen molar-refractivity contribution in [3.63, 3.8) is 0 Å². The van der Waals surface area contributed by atoms with E-state index >= 15 is 0 Å². The number of carbonyl (C=O) groups excluding carboxylic acids is 1. The fourth-order valence-corrected chi connectivity index (χ4v) is 3.49. The first-order valence-corrected chi connectivity index (χ1v) is 9.48. The van der Waals surface area contributed by atoms with Crippen LogP contribution in [0.25, 0.3) is 11.1 Å². The lowest BCUT2D eigenvalue weighted by Gasteiger charge is -2.13. The van der Waals surface area contributed by atoms with E-state index < -0.39 is 5.97 Å². The van der Waals surface area contributed by atoms with Crippen LogP contribution in [0.2, 0.25) is 0 Å². The van der Waals surface area contributed by atoms with Gasteiger partial charge < -0.3 is 15.2 Å². The van der Waals surface area contributed by atoms with E-state index in [1.807, 2.05) is 0 Å². The SMILES string of the molecule is O=C(O)c1ccccc1-c1ccccc1C(=O)NCCCOC1CCCC1. The van der Waals surface area contributed by atoms with Crippen molar-refractivity contribution in [1.29, 1.82) is 0 Å². The number of hydrogen-bond acceptors (Lipinski definition) is 3. The molecule has 0 aliphatic heterocycles. The van der Waals surface area contributed by atoms with Crippen LogP contribution < -0.4 is 5.32 Å². The van der Waals surface area contributed by atoms with Gasteiger partial charge >= 0.3 is 5.97 Å². The number of carboxylic acids is 1. The average molecular weight is 367 g/mol. The molecule has 0 atom stereocenters. The number of ether oxygens (including phenoxy) is 1. The van der Waals surface area contributed by atoms with Crippen molar-refractivity contribution in [1.82, 2.24) is 5.32 Å². The Hall–Kier alpha value is -2.66. The maximum Gasteiger partial charge on any atom is 0.336 e. The molecule has 0 radical (unpaired) electrons. The number of amides is 1. The first-order valence-electron chi connectivity index (χ1n) is 9.48. The molecule has 1 amide bonds. The Morgan fingerprint density at radius 2 is 1.56 bits per heavy atom. The highest BCUT2D eigenvalue weighted by atomic mass is 16.5. The molecule has 5 nitrogen and oxygen atoms in total. The minimum atomic E-state index is -1.01. The van der Waals surface area contributed by atoms with Crippen molar-refractivity contribution >= 4 is 11.9 Å². The molecule has 2 aromatic rings. The van der Waals surface area contributed by atoms with Gasteiger partial charge in [-0.2, -0.15) is 0 Å². The molecule has 142 valence electrons. The number of benzene rings is 2. The Morgan fingerprint density at radius 3 is 2.22 bits per heavy atom. The molecule has 27 heavy (non-hydrogen) atoms. The van der Waals surface area contributed by atoms with Crippen LogP contribution in [0.3, 0.4) is 0 Å². The monoisotopic (exact) mass is 367 g/mol. The fraction of sp³-hybridized carbons (Fsp3) is 0.364. The number of rotatable bonds is 8. The van der Waals surface area contributed by atoms with Crippen LogP contribution in [-0.2, 0) is 4.74 Å². The van der Waals surface area contributed by atoms with Gasteiger partial charge in [0.25, 0.3) is 5.91 Å². The second-order valence-electron chi connectivity index (χ2n) is 6.78. The van der Waals surface area contributed by atoms with E-state index in [4.69, 9.17) is 4.74 Å². The van der Waals surface area contributed by atoms with Gasteiger partial charge in [0.2, 0.25) is 0 Å². The lowest BCUT2D eigenvalue weighted by Crippen LogP contribution is -2.26. The molecule has 0 spiro atoms. The van der Waals surface area contributed by atoms with E-state index in [-0.39, 0.29) is 11.5 Å². The van der Waals surface area contributed by atoms with Gasteiger partial charge in [0.15, 0.2) is 0 Å². The Bertz CT molecular complexity index is 796. The summed E-state index contributed by atoms with van der Waals surface area (Å²) in [6.45, 7) is 1.18. The van der Waals surface area contributed by atoms with Gasteiger partial charge in [-0.25, -0.2) is 4.79 Å². The molecule has 0 heterocycles. The van der Waals surface area contributed by atoms with Gasteiger partial charge in [0.1, 0.15) is 0 Å². The van der Waals surface area contributed by atoms with Gasteiger partial charge in [-0.3, -0.25) is 4.79 Å².